The highest BCUT2D eigenvalue weighted by Gasteiger charge is 2.36. The van der Waals surface area contributed by atoms with Crippen LogP contribution in [0.5, 0.6) is 0 Å². The zero-order valence-corrected chi connectivity index (χ0v) is 22.7. The minimum Gasteiger partial charge on any atom is -0.382 e. The summed E-state index contributed by atoms with van der Waals surface area (Å²) in [5, 5.41) is 20.0. The molecule has 0 saturated carbocycles. The first-order valence-corrected chi connectivity index (χ1v) is 13.4. The topological polar surface area (TPSA) is 97.2 Å². The van der Waals surface area contributed by atoms with Gasteiger partial charge in [0.1, 0.15) is 36.2 Å². The lowest BCUT2D eigenvalue weighted by atomic mass is 9.92. The van der Waals surface area contributed by atoms with Gasteiger partial charge in [0.25, 0.3) is 0 Å². The first-order valence-electron chi connectivity index (χ1n) is 13.4. The molecule has 0 aliphatic carbocycles. The number of benzene rings is 2. The van der Waals surface area contributed by atoms with Gasteiger partial charge in [0.2, 0.25) is 0 Å². The van der Waals surface area contributed by atoms with Crippen LogP contribution in [-0.2, 0) is 18.7 Å². The van der Waals surface area contributed by atoms with E-state index in [0.29, 0.717) is 19.6 Å². The lowest BCUT2D eigenvalue weighted by Gasteiger charge is -2.39. The summed E-state index contributed by atoms with van der Waals surface area (Å²) >= 11 is 0. The molecule has 1 aliphatic rings. The molecule has 0 bridgehead atoms. The van der Waals surface area contributed by atoms with Crippen LogP contribution in [0.3, 0.4) is 0 Å². The monoisotopic (exact) mass is 552 g/mol. The zero-order chi connectivity index (χ0) is 28.3. The van der Waals surface area contributed by atoms with Crippen LogP contribution in [0, 0.1) is 25.5 Å². The molecule has 5 rings (SSSR count). The summed E-state index contributed by atoms with van der Waals surface area (Å²) in [5.41, 5.74) is 1.24. The maximum Gasteiger partial charge on any atom is 0.350 e. The van der Waals surface area contributed by atoms with E-state index in [1.165, 1.54) is 28.1 Å². The molecule has 4 aromatic rings. The van der Waals surface area contributed by atoms with Crippen molar-refractivity contribution in [3.63, 3.8) is 0 Å². The van der Waals surface area contributed by atoms with Crippen molar-refractivity contribution in [2.45, 2.75) is 39.0 Å². The van der Waals surface area contributed by atoms with Gasteiger partial charge < -0.3 is 10.0 Å². The molecule has 12 heteroatoms. The molecule has 1 N–H and O–H groups in total. The standard InChI is InChI=1S/C28H34F2N8O2/c1-21-12-22(2)14-24(13-21)37-20-33-38(27(37)39)7-3-6-34-8-10-35(11-9-34)16-28(40,17-36-19-31-18-32-36)25-5-4-23(29)15-26(25)30/h4-5,12-15,18-20,40H,3,6-11,16-17H2,1-2H3. The van der Waals surface area contributed by atoms with Gasteiger partial charge in [-0.2, -0.15) is 10.2 Å². The number of hydrogen-bond acceptors (Lipinski definition) is 7. The van der Waals surface area contributed by atoms with Crippen molar-refractivity contribution >= 4 is 0 Å². The first kappa shape index (κ1) is 27.8. The van der Waals surface area contributed by atoms with E-state index in [1.807, 2.05) is 26.0 Å². The summed E-state index contributed by atoms with van der Waals surface area (Å²) in [6, 6.07) is 9.24. The Balaban J connectivity index is 1.16. The van der Waals surface area contributed by atoms with Crippen LogP contribution in [0.25, 0.3) is 5.69 Å². The van der Waals surface area contributed by atoms with Gasteiger partial charge in [0.15, 0.2) is 0 Å². The van der Waals surface area contributed by atoms with Gasteiger partial charge >= 0.3 is 5.69 Å². The van der Waals surface area contributed by atoms with E-state index in [1.54, 1.807) is 10.9 Å². The van der Waals surface area contributed by atoms with Gasteiger partial charge in [-0.1, -0.05) is 12.1 Å². The smallest absolute Gasteiger partial charge is 0.350 e. The fraction of sp³-hybridized carbons (Fsp3) is 0.429. The normalized spacial score (nSPS) is 16.3. The molecule has 1 atom stereocenters. The number of piperazine rings is 1. The number of hydrogen-bond donors (Lipinski definition) is 1. The lowest BCUT2D eigenvalue weighted by molar-refractivity contribution is -0.0319. The minimum absolute atomic E-state index is 0.0146. The fourth-order valence-electron chi connectivity index (χ4n) is 5.41. The van der Waals surface area contributed by atoms with Crippen LogP contribution in [0.1, 0.15) is 23.1 Å². The Bertz CT molecular complexity index is 1470. The quantitative estimate of drug-likeness (QED) is 0.322. The number of aromatic nitrogens is 6. The van der Waals surface area contributed by atoms with Crippen LogP contribution in [-0.4, -0.2) is 83.3 Å². The summed E-state index contributed by atoms with van der Waals surface area (Å²) in [4.78, 5) is 21.2. The van der Waals surface area contributed by atoms with Crippen molar-refractivity contribution in [2.75, 3.05) is 39.3 Å². The van der Waals surface area contributed by atoms with Crippen molar-refractivity contribution in [1.82, 2.24) is 38.9 Å². The van der Waals surface area contributed by atoms with E-state index in [2.05, 4.69) is 31.0 Å². The van der Waals surface area contributed by atoms with Crippen molar-refractivity contribution < 1.29 is 13.9 Å². The van der Waals surface area contributed by atoms with Crippen LogP contribution in [0.2, 0.25) is 0 Å². The molecule has 1 unspecified atom stereocenters. The number of aryl methyl sites for hydroxylation is 3. The van der Waals surface area contributed by atoms with Gasteiger partial charge in [-0.25, -0.2) is 32.5 Å². The van der Waals surface area contributed by atoms with E-state index >= 15 is 0 Å². The van der Waals surface area contributed by atoms with Gasteiger partial charge in [0, 0.05) is 57.4 Å². The molecule has 10 nitrogen and oxygen atoms in total. The molecular weight excluding hydrogens is 518 g/mol. The van der Waals surface area contributed by atoms with Gasteiger partial charge in [-0.3, -0.25) is 4.90 Å². The van der Waals surface area contributed by atoms with Gasteiger partial charge in [0.05, 0.1) is 12.2 Å². The van der Waals surface area contributed by atoms with Gasteiger partial charge in [-0.15, -0.1) is 0 Å². The molecule has 1 fully saturated rings. The van der Waals surface area contributed by atoms with E-state index in [9.17, 15) is 18.7 Å². The van der Waals surface area contributed by atoms with E-state index < -0.39 is 17.2 Å². The summed E-state index contributed by atoms with van der Waals surface area (Å²) in [5.74, 6) is -1.49. The molecule has 1 aliphatic heterocycles. The predicted molar refractivity (Wildman–Crippen MR) is 145 cm³/mol. The third kappa shape index (κ3) is 6.35. The highest BCUT2D eigenvalue weighted by Crippen LogP contribution is 2.28. The summed E-state index contributed by atoms with van der Waals surface area (Å²) < 4.78 is 32.8. The molecule has 40 heavy (non-hydrogen) atoms. The van der Waals surface area contributed by atoms with Crippen molar-refractivity contribution in [3.05, 3.63) is 94.2 Å². The molecule has 0 amide bonds. The Morgan fingerprint density at radius 2 is 1.62 bits per heavy atom. The van der Waals surface area contributed by atoms with Gasteiger partial charge in [-0.05, 0) is 49.6 Å². The van der Waals surface area contributed by atoms with E-state index in [-0.39, 0.29) is 24.3 Å². The molecule has 1 saturated heterocycles. The molecule has 3 heterocycles. The number of halogens is 2. The first-order chi connectivity index (χ1) is 19.2. The summed E-state index contributed by atoms with van der Waals surface area (Å²) in [6.45, 7) is 8.33. The van der Waals surface area contributed by atoms with E-state index in [0.717, 1.165) is 55.0 Å². The number of nitrogens with zero attached hydrogens (tertiary/aromatic N) is 8. The number of β-amino-alcohol motifs (C(OH)–C–C–N with tert-alkyl or cyclic N) is 1. The van der Waals surface area contributed by atoms with Crippen LogP contribution in [0.4, 0.5) is 8.78 Å². The fourth-order valence-corrected chi connectivity index (χ4v) is 5.41. The second-order valence-corrected chi connectivity index (χ2v) is 10.6. The Hall–Kier alpha value is -3.74. The predicted octanol–water partition coefficient (Wildman–Crippen LogP) is 2.12. The average molecular weight is 553 g/mol. The van der Waals surface area contributed by atoms with Crippen LogP contribution in [0.15, 0.2) is 60.2 Å². The maximum absolute atomic E-state index is 14.7. The second kappa shape index (κ2) is 11.8. The minimum atomic E-state index is -1.62. The third-order valence-corrected chi connectivity index (χ3v) is 7.33. The Kier molecular flexibility index (Phi) is 8.19. The summed E-state index contributed by atoms with van der Waals surface area (Å²) in [6.07, 6.45) is 5.14. The molecular formula is C28H34F2N8O2. The Labute approximate surface area is 231 Å². The number of aliphatic hydroxyl groups is 1. The SMILES string of the molecule is Cc1cc(C)cc(-n2cnn(CCCN3CCN(CC(O)(Cn4cncn4)c4ccc(F)cc4F)CC3)c2=O)c1. The maximum atomic E-state index is 14.7. The molecule has 0 radical (unpaired) electrons. The van der Waals surface area contributed by atoms with Crippen molar-refractivity contribution in [3.8, 4) is 5.69 Å². The zero-order valence-electron chi connectivity index (χ0n) is 22.7. The molecule has 2 aromatic heterocycles. The van der Waals surface area contributed by atoms with Crippen molar-refractivity contribution in [2.24, 2.45) is 0 Å². The van der Waals surface area contributed by atoms with E-state index in [4.69, 9.17) is 0 Å². The molecule has 0 spiro atoms. The van der Waals surface area contributed by atoms with Crippen molar-refractivity contribution in [1.29, 1.82) is 0 Å². The molecule has 212 valence electrons. The highest BCUT2D eigenvalue weighted by atomic mass is 19.1. The Morgan fingerprint density at radius 1 is 0.900 bits per heavy atom. The summed E-state index contributed by atoms with van der Waals surface area (Å²) in [7, 11) is 0. The average Bonchev–Trinajstić information content (AvgIpc) is 3.54. The lowest BCUT2D eigenvalue weighted by Crippen LogP contribution is -2.52. The third-order valence-electron chi connectivity index (χ3n) is 7.33. The number of rotatable bonds is 10. The second-order valence-electron chi connectivity index (χ2n) is 10.6. The van der Waals surface area contributed by atoms with Crippen LogP contribution < -0.4 is 5.69 Å². The largest absolute Gasteiger partial charge is 0.382 e. The molecule has 2 aromatic carbocycles. The van der Waals surface area contributed by atoms with Crippen LogP contribution >= 0.6 is 0 Å². The Morgan fingerprint density at radius 3 is 2.30 bits per heavy atom. The highest BCUT2D eigenvalue weighted by molar-refractivity contribution is 5.39.